The summed E-state index contributed by atoms with van der Waals surface area (Å²) in [4.78, 5) is 28.7. The second kappa shape index (κ2) is 8.37. The molecule has 0 unspecified atom stereocenters. The van der Waals surface area contributed by atoms with Crippen LogP contribution in [-0.4, -0.2) is 43.1 Å². The van der Waals surface area contributed by atoms with E-state index in [1.165, 1.54) is 42.1 Å². The van der Waals surface area contributed by atoms with Crippen molar-refractivity contribution >= 4 is 19.8 Å². The van der Waals surface area contributed by atoms with Gasteiger partial charge in [-0.2, -0.15) is 0 Å². The number of ketones is 1. The van der Waals surface area contributed by atoms with Gasteiger partial charge in [0.15, 0.2) is 5.82 Å². The van der Waals surface area contributed by atoms with Crippen LogP contribution < -0.4 is 0 Å². The van der Waals surface area contributed by atoms with Gasteiger partial charge in [0.1, 0.15) is 18.2 Å². The number of halogens is 1. The molecule has 0 saturated heterocycles. The average molecular weight is 378 g/mol. The number of carbonyl (C=O) groups is 2. The van der Waals surface area contributed by atoms with Crippen LogP contribution >= 0.6 is 0 Å². The molecule has 6 nitrogen and oxygen atoms in total. The Balaban J connectivity index is 2.25. The van der Waals surface area contributed by atoms with Crippen LogP contribution in [0.5, 0.6) is 0 Å². The SMILES string of the molecule is COC(=O)c1cnc(C(=O)c2ccc(F)cc2)n1COCC[Si](C)(C)C. The highest BCUT2D eigenvalue weighted by molar-refractivity contribution is 6.76. The molecule has 0 spiro atoms. The minimum Gasteiger partial charge on any atom is -0.464 e. The molecule has 2 aromatic rings. The molecule has 0 N–H and O–H groups in total. The molecule has 0 saturated carbocycles. The number of hydrogen-bond donors (Lipinski definition) is 0. The number of esters is 1. The Hall–Kier alpha value is -2.32. The van der Waals surface area contributed by atoms with Gasteiger partial charge in [0.05, 0.1) is 13.3 Å². The van der Waals surface area contributed by atoms with Crippen molar-refractivity contribution in [3.8, 4) is 0 Å². The average Bonchev–Trinajstić information content (AvgIpc) is 3.01. The smallest absolute Gasteiger partial charge is 0.356 e. The van der Waals surface area contributed by atoms with Crippen molar-refractivity contribution in [1.29, 1.82) is 0 Å². The Kier molecular flexibility index (Phi) is 6.44. The quantitative estimate of drug-likeness (QED) is 0.305. The van der Waals surface area contributed by atoms with Crippen molar-refractivity contribution < 1.29 is 23.5 Å². The maximum absolute atomic E-state index is 13.1. The number of nitrogens with zero attached hydrogens (tertiary/aromatic N) is 2. The van der Waals surface area contributed by atoms with Crippen molar-refractivity contribution in [1.82, 2.24) is 9.55 Å². The zero-order chi connectivity index (χ0) is 19.3. The Bertz CT molecular complexity index is 781. The number of aromatic nitrogens is 2. The largest absolute Gasteiger partial charge is 0.464 e. The van der Waals surface area contributed by atoms with Crippen LogP contribution in [0.1, 0.15) is 26.7 Å². The molecule has 2 rings (SSSR count). The molecular formula is C18H23FN2O4Si. The number of ether oxygens (including phenoxy) is 2. The summed E-state index contributed by atoms with van der Waals surface area (Å²) < 4.78 is 24.9. The van der Waals surface area contributed by atoms with Crippen molar-refractivity contribution in [2.45, 2.75) is 32.4 Å². The molecule has 0 aliphatic heterocycles. The number of imidazole rings is 1. The predicted molar refractivity (Wildman–Crippen MR) is 97.5 cm³/mol. The van der Waals surface area contributed by atoms with Crippen LogP contribution in [0.2, 0.25) is 25.7 Å². The van der Waals surface area contributed by atoms with Crippen LogP contribution in [0.4, 0.5) is 4.39 Å². The van der Waals surface area contributed by atoms with Crippen molar-refractivity contribution in [2.75, 3.05) is 13.7 Å². The summed E-state index contributed by atoms with van der Waals surface area (Å²) in [6.45, 7) is 7.24. The molecule has 0 atom stereocenters. The molecule has 0 amide bonds. The zero-order valence-corrected chi connectivity index (χ0v) is 16.4. The molecule has 0 aliphatic rings. The maximum Gasteiger partial charge on any atom is 0.356 e. The summed E-state index contributed by atoms with van der Waals surface area (Å²) >= 11 is 0. The third-order valence-corrected chi connectivity index (χ3v) is 5.48. The molecule has 8 heteroatoms. The summed E-state index contributed by atoms with van der Waals surface area (Å²) in [6.07, 6.45) is 1.28. The van der Waals surface area contributed by atoms with Crippen LogP contribution in [0.25, 0.3) is 0 Å². The van der Waals surface area contributed by atoms with E-state index in [-0.39, 0.29) is 23.8 Å². The second-order valence-electron chi connectivity index (χ2n) is 7.07. The van der Waals surface area contributed by atoms with E-state index < -0.39 is 25.6 Å². The van der Waals surface area contributed by atoms with E-state index in [0.29, 0.717) is 6.61 Å². The predicted octanol–water partition coefficient (Wildman–Crippen LogP) is 3.35. The lowest BCUT2D eigenvalue weighted by Gasteiger charge is -2.16. The van der Waals surface area contributed by atoms with Gasteiger partial charge < -0.3 is 9.47 Å². The molecule has 1 aromatic carbocycles. The second-order valence-corrected chi connectivity index (χ2v) is 12.7. The van der Waals surface area contributed by atoms with Gasteiger partial charge in [0.25, 0.3) is 0 Å². The Morgan fingerprint density at radius 3 is 2.42 bits per heavy atom. The van der Waals surface area contributed by atoms with E-state index in [4.69, 9.17) is 9.47 Å². The minimum atomic E-state index is -1.26. The first-order chi connectivity index (χ1) is 12.2. The van der Waals surface area contributed by atoms with Crippen LogP contribution in [0.3, 0.4) is 0 Å². The summed E-state index contributed by atoms with van der Waals surface area (Å²) in [7, 11) is -0.00185. The Morgan fingerprint density at radius 1 is 1.19 bits per heavy atom. The van der Waals surface area contributed by atoms with E-state index in [0.717, 1.165) is 6.04 Å². The van der Waals surface area contributed by atoms with Crippen molar-refractivity contribution in [3.63, 3.8) is 0 Å². The Morgan fingerprint density at radius 2 is 1.85 bits per heavy atom. The van der Waals surface area contributed by atoms with Gasteiger partial charge in [-0.15, -0.1) is 0 Å². The van der Waals surface area contributed by atoms with Gasteiger partial charge in [0, 0.05) is 20.2 Å². The zero-order valence-electron chi connectivity index (χ0n) is 15.4. The highest BCUT2D eigenvalue weighted by Crippen LogP contribution is 2.15. The van der Waals surface area contributed by atoms with E-state index in [1.807, 2.05) is 0 Å². The maximum atomic E-state index is 13.1. The minimum absolute atomic E-state index is 0.0111. The van der Waals surface area contributed by atoms with E-state index in [2.05, 4.69) is 24.6 Å². The number of carbonyl (C=O) groups excluding carboxylic acids is 2. The first kappa shape index (κ1) is 20.0. The molecule has 0 radical (unpaired) electrons. The molecule has 1 aromatic heterocycles. The van der Waals surface area contributed by atoms with Gasteiger partial charge in [-0.05, 0) is 30.3 Å². The van der Waals surface area contributed by atoms with E-state index >= 15 is 0 Å². The fourth-order valence-electron chi connectivity index (χ4n) is 2.22. The monoisotopic (exact) mass is 378 g/mol. The lowest BCUT2D eigenvalue weighted by Crippen LogP contribution is -2.23. The third kappa shape index (κ3) is 5.09. The van der Waals surface area contributed by atoms with Gasteiger partial charge in [-0.25, -0.2) is 14.2 Å². The highest BCUT2D eigenvalue weighted by atomic mass is 28.3. The lowest BCUT2D eigenvalue weighted by atomic mass is 10.1. The van der Waals surface area contributed by atoms with Crippen LogP contribution in [0, 0.1) is 5.82 Å². The fourth-order valence-corrected chi connectivity index (χ4v) is 2.98. The third-order valence-electron chi connectivity index (χ3n) is 3.78. The first-order valence-corrected chi connectivity index (χ1v) is 12.0. The molecule has 0 fully saturated rings. The standard InChI is InChI=1S/C18H23FN2O4Si/c1-24-18(23)15-11-20-17(16(22)13-5-7-14(19)8-6-13)21(15)12-25-9-10-26(2,3)4/h5-8,11H,9-10,12H2,1-4H3. The Labute approximate surface area is 153 Å². The molecule has 0 bridgehead atoms. The molecule has 26 heavy (non-hydrogen) atoms. The molecule has 1 heterocycles. The van der Waals surface area contributed by atoms with E-state index in [9.17, 15) is 14.0 Å². The lowest BCUT2D eigenvalue weighted by molar-refractivity contribution is 0.0536. The number of benzene rings is 1. The van der Waals surface area contributed by atoms with Gasteiger partial charge in [-0.3, -0.25) is 9.36 Å². The molecular weight excluding hydrogens is 355 g/mol. The normalized spacial score (nSPS) is 11.4. The van der Waals surface area contributed by atoms with E-state index in [1.54, 1.807) is 0 Å². The van der Waals surface area contributed by atoms with Crippen molar-refractivity contribution in [2.24, 2.45) is 0 Å². The molecule has 0 aliphatic carbocycles. The fraction of sp³-hybridized carbons (Fsp3) is 0.389. The van der Waals surface area contributed by atoms with Crippen LogP contribution in [-0.2, 0) is 16.2 Å². The van der Waals surface area contributed by atoms with Crippen LogP contribution in [0.15, 0.2) is 30.5 Å². The number of methoxy groups -OCH3 is 1. The molecule has 140 valence electrons. The summed E-state index contributed by atoms with van der Waals surface area (Å²) in [5, 5.41) is 0. The first-order valence-electron chi connectivity index (χ1n) is 8.25. The summed E-state index contributed by atoms with van der Waals surface area (Å²) in [5.41, 5.74) is 0.405. The van der Waals surface area contributed by atoms with Gasteiger partial charge in [0.2, 0.25) is 5.78 Å². The van der Waals surface area contributed by atoms with Gasteiger partial charge in [-0.1, -0.05) is 19.6 Å². The number of hydrogen-bond acceptors (Lipinski definition) is 5. The number of rotatable bonds is 8. The summed E-state index contributed by atoms with van der Waals surface area (Å²) in [5.74, 6) is -1.42. The van der Waals surface area contributed by atoms with Gasteiger partial charge >= 0.3 is 5.97 Å². The topological polar surface area (TPSA) is 70.4 Å². The highest BCUT2D eigenvalue weighted by Gasteiger charge is 2.23. The summed E-state index contributed by atoms with van der Waals surface area (Å²) in [6, 6.07) is 6.11. The van der Waals surface area contributed by atoms with Crippen molar-refractivity contribution in [3.05, 3.63) is 53.4 Å².